The Balaban J connectivity index is 2.08. The second-order valence-electron chi connectivity index (χ2n) is 8.45. The first-order valence-corrected chi connectivity index (χ1v) is 12.1. The highest BCUT2D eigenvalue weighted by molar-refractivity contribution is 6.14. The highest BCUT2D eigenvalue weighted by atomic mass is 16.5. The van der Waals surface area contributed by atoms with E-state index in [9.17, 15) is 4.79 Å². The van der Waals surface area contributed by atoms with Crippen LogP contribution in [0.2, 0.25) is 0 Å². The van der Waals surface area contributed by atoms with Gasteiger partial charge >= 0.3 is 0 Å². The molecule has 176 valence electrons. The number of carbonyl (C=O) groups is 1. The first kappa shape index (κ1) is 24.7. The average Bonchev–Trinajstić information content (AvgIpc) is 2.82. The van der Waals surface area contributed by atoms with E-state index in [1.807, 2.05) is 41.3 Å². The van der Waals surface area contributed by atoms with Crippen LogP contribution in [0.15, 0.2) is 48.5 Å². The monoisotopic (exact) mass is 447 g/mol. The van der Waals surface area contributed by atoms with Gasteiger partial charge in [-0.3, -0.25) is 4.79 Å². The zero-order chi connectivity index (χ0) is 23.8. The molecule has 0 N–H and O–H groups in total. The van der Waals surface area contributed by atoms with Crippen LogP contribution in [0.5, 0.6) is 5.88 Å². The summed E-state index contributed by atoms with van der Waals surface area (Å²) in [5.41, 5.74) is 4.60. The zero-order valence-corrected chi connectivity index (χ0v) is 20.7. The molecule has 5 heteroatoms. The van der Waals surface area contributed by atoms with Gasteiger partial charge in [-0.1, -0.05) is 63.6 Å². The fourth-order valence-electron chi connectivity index (χ4n) is 4.20. The van der Waals surface area contributed by atoms with E-state index in [-0.39, 0.29) is 5.91 Å². The van der Waals surface area contributed by atoms with Crippen LogP contribution in [-0.2, 0) is 0 Å². The van der Waals surface area contributed by atoms with Crippen molar-refractivity contribution in [3.63, 3.8) is 0 Å². The van der Waals surface area contributed by atoms with Crippen molar-refractivity contribution in [3.8, 4) is 5.88 Å². The van der Waals surface area contributed by atoms with E-state index in [2.05, 4.69) is 56.6 Å². The highest BCUT2D eigenvalue weighted by Crippen LogP contribution is 2.29. The lowest BCUT2D eigenvalue weighted by atomic mass is 10.0. The van der Waals surface area contributed by atoms with Crippen molar-refractivity contribution in [2.24, 2.45) is 0 Å². The van der Waals surface area contributed by atoms with Gasteiger partial charge in [0.15, 0.2) is 0 Å². The Morgan fingerprint density at radius 1 is 0.939 bits per heavy atom. The molecule has 0 unspecified atom stereocenters. The smallest absolute Gasteiger partial charge is 0.259 e. The Hall–Kier alpha value is -2.92. The first-order chi connectivity index (χ1) is 16.0. The topological polar surface area (TPSA) is 45.7 Å². The highest BCUT2D eigenvalue weighted by Gasteiger charge is 2.24. The zero-order valence-electron chi connectivity index (χ0n) is 20.7. The molecular weight excluding hydrogens is 410 g/mol. The number of hydrogen-bond acceptors (Lipinski definition) is 4. The summed E-state index contributed by atoms with van der Waals surface area (Å²) in [6.45, 7) is 14.5. The summed E-state index contributed by atoms with van der Waals surface area (Å²) >= 11 is 0. The van der Waals surface area contributed by atoms with E-state index >= 15 is 0 Å². The molecule has 1 heterocycles. The van der Waals surface area contributed by atoms with Crippen LogP contribution in [-0.4, -0.2) is 48.6 Å². The number of pyridine rings is 1. The maximum Gasteiger partial charge on any atom is 0.259 e. The van der Waals surface area contributed by atoms with E-state index in [0.29, 0.717) is 24.6 Å². The molecule has 1 amide bonds. The van der Waals surface area contributed by atoms with Gasteiger partial charge in [0, 0.05) is 30.2 Å². The Bertz CT molecular complexity index is 1060. The van der Waals surface area contributed by atoms with Crippen LogP contribution in [0.1, 0.15) is 55.1 Å². The van der Waals surface area contributed by atoms with Gasteiger partial charge in [-0.2, -0.15) is 0 Å². The van der Waals surface area contributed by atoms with Crippen LogP contribution in [0.25, 0.3) is 10.9 Å². The third-order valence-electron chi connectivity index (χ3n) is 6.16. The van der Waals surface area contributed by atoms with Crippen molar-refractivity contribution in [2.75, 3.05) is 37.7 Å². The number of rotatable bonds is 11. The van der Waals surface area contributed by atoms with Crippen molar-refractivity contribution in [2.45, 2.75) is 47.5 Å². The predicted molar refractivity (Wildman–Crippen MR) is 138 cm³/mol. The average molecular weight is 448 g/mol. The number of nitrogens with zero attached hydrogens (tertiary/aromatic N) is 3. The van der Waals surface area contributed by atoms with Crippen LogP contribution in [0, 0.1) is 13.8 Å². The summed E-state index contributed by atoms with van der Waals surface area (Å²) in [5, 5.41) is 0.851. The lowest BCUT2D eigenvalue weighted by molar-refractivity contribution is 0.0984. The lowest BCUT2D eigenvalue weighted by Crippen LogP contribution is -2.39. The minimum Gasteiger partial charge on any atom is -0.478 e. The van der Waals surface area contributed by atoms with Crippen LogP contribution in [0.4, 0.5) is 5.69 Å². The van der Waals surface area contributed by atoms with Gasteiger partial charge in [0.1, 0.15) is 0 Å². The van der Waals surface area contributed by atoms with Gasteiger partial charge in [0.25, 0.3) is 5.91 Å². The molecule has 1 aromatic heterocycles. The molecule has 0 spiro atoms. The number of ether oxygens (including phenoxy) is 1. The number of amides is 1. The van der Waals surface area contributed by atoms with Crippen molar-refractivity contribution in [1.29, 1.82) is 0 Å². The number of para-hydroxylation sites is 2. The molecule has 2 aromatic carbocycles. The minimum atomic E-state index is -0.0153. The van der Waals surface area contributed by atoms with Crippen LogP contribution >= 0.6 is 0 Å². The quantitative estimate of drug-likeness (QED) is 0.337. The first-order valence-electron chi connectivity index (χ1n) is 12.1. The van der Waals surface area contributed by atoms with Crippen molar-refractivity contribution >= 4 is 22.5 Å². The number of aromatic nitrogens is 1. The fraction of sp³-hybridized carbons (Fsp3) is 0.429. The molecule has 0 radical (unpaired) electrons. The van der Waals surface area contributed by atoms with Crippen molar-refractivity contribution < 1.29 is 9.53 Å². The van der Waals surface area contributed by atoms with E-state index in [4.69, 9.17) is 4.74 Å². The van der Waals surface area contributed by atoms with Gasteiger partial charge in [-0.25, -0.2) is 4.98 Å². The Morgan fingerprint density at radius 3 is 2.30 bits per heavy atom. The summed E-state index contributed by atoms with van der Waals surface area (Å²) < 4.78 is 5.92. The summed E-state index contributed by atoms with van der Waals surface area (Å²) in [5.74, 6) is 0.495. The molecule has 0 aliphatic rings. The largest absolute Gasteiger partial charge is 0.478 e. The third kappa shape index (κ3) is 5.91. The molecular formula is C28H37N3O2. The molecule has 33 heavy (non-hydrogen) atoms. The molecule has 3 rings (SSSR count). The molecule has 0 aliphatic carbocycles. The molecule has 0 fully saturated rings. The van der Waals surface area contributed by atoms with E-state index in [0.717, 1.165) is 60.2 Å². The normalized spacial score (nSPS) is 11.2. The molecule has 0 atom stereocenters. The Labute approximate surface area is 198 Å². The van der Waals surface area contributed by atoms with Gasteiger partial charge < -0.3 is 14.5 Å². The molecule has 0 aliphatic heterocycles. The van der Waals surface area contributed by atoms with Crippen LogP contribution < -0.4 is 9.64 Å². The van der Waals surface area contributed by atoms with Gasteiger partial charge in [-0.15, -0.1) is 0 Å². The molecule has 3 aromatic rings. The minimum absolute atomic E-state index is 0.0153. The maximum absolute atomic E-state index is 14.2. The molecule has 0 bridgehead atoms. The third-order valence-corrected chi connectivity index (χ3v) is 6.16. The number of carbonyl (C=O) groups excluding carboxylic acids is 1. The number of fused-ring (bicyclic) bond motifs is 1. The van der Waals surface area contributed by atoms with Crippen molar-refractivity contribution in [3.05, 3.63) is 65.2 Å². The predicted octanol–water partition coefficient (Wildman–Crippen LogP) is 6.02. The summed E-state index contributed by atoms with van der Waals surface area (Å²) in [4.78, 5) is 23.1. The van der Waals surface area contributed by atoms with Gasteiger partial charge in [-0.05, 0) is 50.6 Å². The number of anilines is 1. The summed E-state index contributed by atoms with van der Waals surface area (Å²) in [6, 6.07) is 15.8. The van der Waals surface area contributed by atoms with E-state index < -0.39 is 0 Å². The second kappa shape index (κ2) is 11.8. The number of benzene rings is 2. The number of aryl methyl sites for hydroxylation is 2. The van der Waals surface area contributed by atoms with E-state index in [1.165, 1.54) is 0 Å². The molecule has 0 saturated heterocycles. The number of likely N-dealkylation sites (N-methyl/N-ethyl adjacent to an activating group) is 1. The second-order valence-corrected chi connectivity index (χ2v) is 8.45. The fourth-order valence-corrected chi connectivity index (χ4v) is 4.20. The van der Waals surface area contributed by atoms with Gasteiger partial charge in [0.05, 0.1) is 17.7 Å². The molecule has 5 nitrogen and oxygen atoms in total. The SMILES string of the molecule is CCCCOc1cc(C(=O)N(CCN(CC)CC)c2c(C)cccc2C)c2ccccc2n1. The molecule has 0 saturated carbocycles. The Morgan fingerprint density at radius 2 is 1.64 bits per heavy atom. The number of hydrogen-bond donors (Lipinski definition) is 0. The van der Waals surface area contributed by atoms with Crippen LogP contribution in [0.3, 0.4) is 0 Å². The number of unbranched alkanes of at least 4 members (excludes halogenated alkanes) is 1. The summed E-state index contributed by atoms with van der Waals surface area (Å²) in [7, 11) is 0. The lowest BCUT2D eigenvalue weighted by Gasteiger charge is -2.29. The maximum atomic E-state index is 14.2. The standard InChI is InChI=1S/C28H37N3O2/c1-6-9-19-33-26-20-24(23-15-10-11-16-25(23)29-26)28(32)31(18-17-30(7-2)8-3)27-21(4)13-12-14-22(27)5/h10-16,20H,6-9,17-19H2,1-5H3. The Kier molecular flexibility index (Phi) is 8.84. The van der Waals surface area contributed by atoms with E-state index in [1.54, 1.807) is 0 Å². The summed E-state index contributed by atoms with van der Waals surface area (Å²) in [6.07, 6.45) is 2.00. The van der Waals surface area contributed by atoms with Crippen molar-refractivity contribution in [1.82, 2.24) is 9.88 Å². The van der Waals surface area contributed by atoms with Gasteiger partial charge in [0.2, 0.25) is 5.88 Å².